The second-order valence-corrected chi connectivity index (χ2v) is 3.03. The summed E-state index contributed by atoms with van der Waals surface area (Å²) in [5.74, 6) is 0. The van der Waals surface area contributed by atoms with Crippen molar-refractivity contribution in [3.05, 3.63) is 10.9 Å². The summed E-state index contributed by atoms with van der Waals surface area (Å²) < 4.78 is 20.8. The molecule has 50 valence electrons. The van der Waals surface area contributed by atoms with Gasteiger partial charge in [-0.25, -0.2) is 13.4 Å². The van der Waals surface area contributed by atoms with Crippen LogP contribution in [-0.4, -0.2) is 18.4 Å². The number of aromatic nitrogens is 2. The van der Waals surface area contributed by atoms with Crippen LogP contribution in [0.15, 0.2) is 16.0 Å². The number of nitrogens with zero attached hydrogens (tertiary/aromatic N) is 1. The maximum absolute atomic E-state index is 10.2. The average Bonchev–Trinajstić information content (AvgIpc) is 2.13. The fourth-order valence-electron chi connectivity index (χ4n) is 0.399. The predicted octanol–water partition coefficient (Wildman–Crippen LogP) is 0.143. The summed E-state index contributed by atoms with van der Waals surface area (Å²) in [4.78, 5) is 6.09. The number of aromatic amines is 1. The second kappa shape index (κ2) is 2.49. The van der Waals surface area contributed by atoms with Crippen molar-refractivity contribution < 1.29 is 8.42 Å². The van der Waals surface area contributed by atoms with Crippen molar-refractivity contribution in [2.24, 2.45) is 0 Å². The Labute approximate surface area is 61.4 Å². The van der Waals surface area contributed by atoms with Gasteiger partial charge in [-0.3, -0.25) is 0 Å². The topological polar surface area (TPSA) is 62.8 Å². The smallest absolute Gasteiger partial charge is 0.188 e. The van der Waals surface area contributed by atoms with E-state index in [1.807, 2.05) is 0 Å². The Hall–Kier alpha value is -0.360. The highest BCUT2D eigenvalue weighted by atomic mass is 79.9. The molecule has 0 aliphatic rings. The van der Waals surface area contributed by atoms with Gasteiger partial charge < -0.3 is 4.98 Å². The lowest BCUT2D eigenvalue weighted by Gasteiger charge is -1.78. The van der Waals surface area contributed by atoms with E-state index in [4.69, 9.17) is 0 Å². The molecule has 1 rings (SSSR count). The molecule has 0 bridgehead atoms. The van der Waals surface area contributed by atoms with Crippen LogP contribution in [0.5, 0.6) is 0 Å². The van der Waals surface area contributed by atoms with E-state index in [1.54, 1.807) is 0 Å². The number of H-pyrrole nitrogens is 1. The summed E-state index contributed by atoms with van der Waals surface area (Å²) in [5.41, 5.74) is 0. The van der Waals surface area contributed by atoms with Crippen molar-refractivity contribution in [2.45, 2.75) is 5.03 Å². The summed E-state index contributed by atoms with van der Waals surface area (Å²) in [5, 5.41) is 0.0463. The number of nitrogens with one attached hydrogen (secondary N) is 1. The average molecular weight is 211 g/mol. The molecule has 0 radical (unpaired) electrons. The predicted molar refractivity (Wildman–Crippen MR) is 34.9 cm³/mol. The Morgan fingerprint density at radius 3 is 2.56 bits per heavy atom. The molecule has 0 fully saturated rings. The maximum atomic E-state index is 10.2. The summed E-state index contributed by atoms with van der Waals surface area (Å²) in [6.45, 7) is 0. The molecular formula is C3H3BrN2O2S. The van der Waals surface area contributed by atoms with Gasteiger partial charge in [0.1, 0.15) is 4.60 Å². The van der Waals surface area contributed by atoms with Crippen LogP contribution in [0.25, 0.3) is 0 Å². The highest BCUT2D eigenvalue weighted by molar-refractivity contribution is 9.10. The molecule has 4 nitrogen and oxygen atoms in total. The first-order valence-corrected chi connectivity index (χ1v) is 4.02. The zero-order chi connectivity index (χ0) is 6.85. The van der Waals surface area contributed by atoms with Crippen LogP contribution in [0.3, 0.4) is 0 Å². The third-order valence-electron chi connectivity index (χ3n) is 0.747. The van der Waals surface area contributed by atoms with E-state index in [2.05, 4.69) is 25.9 Å². The Morgan fingerprint density at radius 1 is 1.67 bits per heavy atom. The highest BCUT2D eigenvalue weighted by Gasteiger charge is 2.01. The third-order valence-corrected chi connectivity index (χ3v) is 2.34. The number of rotatable bonds is 1. The number of halogens is 1. The molecule has 0 atom stereocenters. The van der Waals surface area contributed by atoms with Crippen LogP contribution in [-0.2, 0) is 10.7 Å². The summed E-state index contributed by atoms with van der Waals surface area (Å²) in [6, 6.07) is 0. The van der Waals surface area contributed by atoms with Gasteiger partial charge >= 0.3 is 0 Å². The lowest BCUT2D eigenvalue weighted by Crippen LogP contribution is -1.78. The SMILES string of the molecule is O=[SH](=O)c1nc[nH]c1Br. The van der Waals surface area contributed by atoms with Crippen LogP contribution >= 0.6 is 15.9 Å². The summed E-state index contributed by atoms with van der Waals surface area (Å²) in [6.07, 6.45) is 1.31. The van der Waals surface area contributed by atoms with Gasteiger partial charge in [-0.1, -0.05) is 0 Å². The Kier molecular flexibility index (Phi) is 1.87. The largest absolute Gasteiger partial charge is 0.338 e. The summed E-state index contributed by atoms with van der Waals surface area (Å²) >= 11 is 2.96. The van der Waals surface area contributed by atoms with Crippen LogP contribution in [0, 0.1) is 0 Å². The molecule has 9 heavy (non-hydrogen) atoms. The number of imidazole rings is 1. The zero-order valence-electron chi connectivity index (χ0n) is 4.17. The molecular weight excluding hydrogens is 208 g/mol. The van der Waals surface area contributed by atoms with E-state index in [0.717, 1.165) is 0 Å². The van der Waals surface area contributed by atoms with E-state index in [1.165, 1.54) is 6.33 Å². The van der Waals surface area contributed by atoms with E-state index in [9.17, 15) is 8.42 Å². The molecule has 0 aromatic carbocycles. The van der Waals surface area contributed by atoms with Crippen molar-refractivity contribution in [1.82, 2.24) is 9.97 Å². The van der Waals surface area contributed by atoms with Crippen LogP contribution in [0.1, 0.15) is 0 Å². The first-order chi connectivity index (χ1) is 4.22. The molecule has 1 heterocycles. The lowest BCUT2D eigenvalue weighted by atomic mass is 10.9. The molecule has 1 aromatic heterocycles. The molecule has 0 aliphatic heterocycles. The van der Waals surface area contributed by atoms with E-state index in [-0.39, 0.29) is 5.03 Å². The monoisotopic (exact) mass is 210 g/mol. The maximum Gasteiger partial charge on any atom is 0.188 e. The van der Waals surface area contributed by atoms with Gasteiger partial charge in [0.25, 0.3) is 0 Å². The number of thiol groups is 1. The van der Waals surface area contributed by atoms with E-state index < -0.39 is 10.7 Å². The quantitative estimate of drug-likeness (QED) is 0.649. The van der Waals surface area contributed by atoms with Crippen molar-refractivity contribution in [3.63, 3.8) is 0 Å². The molecule has 1 aromatic rings. The second-order valence-electron chi connectivity index (χ2n) is 1.30. The van der Waals surface area contributed by atoms with Gasteiger partial charge in [-0.2, -0.15) is 0 Å². The first-order valence-electron chi connectivity index (χ1n) is 2.05. The van der Waals surface area contributed by atoms with Gasteiger partial charge in [-0.15, -0.1) is 0 Å². The molecule has 0 unspecified atom stereocenters. The minimum absolute atomic E-state index is 0.0463. The molecule has 0 saturated carbocycles. The molecule has 0 aliphatic carbocycles. The van der Waals surface area contributed by atoms with Gasteiger partial charge in [-0.05, 0) is 15.9 Å². The van der Waals surface area contributed by atoms with Crippen LogP contribution in [0.2, 0.25) is 0 Å². The lowest BCUT2D eigenvalue weighted by molar-refractivity contribution is 0.611. The van der Waals surface area contributed by atoms with Crippen molar-refractivity contribution in [1.29, 1.82) is 0 Å². The molecule has 6 heteroatoms. The molecule has 0 saturated heterocycles. The third kappa shape index (κ3) is 1.31. The van der Waals surface area contributed by atoms with Crippen molar-refractivity contribution >= 4 is 26.6 Å². The minimum Gasteiger partial charge on any atom is -0.338 e. The molecule has 1 N–H and O–H groups in total. The van der Waals surface area contributed by atoms with Gasteiger partial charge in [0.15, 0.2) is 15.7 Å². The van der Waals surface area contributed by atoms with Gasteiger partial charge in [0, 0.05) is 0 Å². The first kappa shape index (κ1) is 6.76. The van der Waals surface area contributed by atoms with Crippen LogP contribution in [0.4, 0.5) is 0 Å². The standard InChI is InChI=1S/C3H3BrN2O2S/c4-2-3(9(7)8)6-1-5-2/h1,9H,(H,5,6). The van der Waals surface area contributed by atoms with Crippen molar-refractivity contribution in [3.8, 4) is 0 Å². The van der Waals surface area contributed by atoms with Crippen LogP contribution < -0.4 is 0 Å². The Bertz CT molecular complexity index is 271. The molecule has 0 amide bonds. The van der Waals surface area contributed by atoms with Crippen molar-refractivity contribution in [2.75, 3.05) is 0 Å². The minimum atomic E-state index is -2.57. The number of hydrogen-bond donors (Lipinski definition) is 2. The van der Waals surface area contributed by atoms with E-state index >= 15 is 0 Å². The van der Waals surface area contributed by atoms with Gasteiger partial charge in [0.05, 0.1) is 6.33 Å². The Morgan fingerprint density at radius 2 is 2.33 bits per heavy atom. The molecule has 0 spiro atoms. The fraction of sp³-hybridized carbons (Fsp3) is 0. The number of hydrogen-bond acceptors (Lipinski definition) is 3. The summed E-state index contributed by atoms with van der Waals surface area (Å²) in [7, 11) is -2.57. The van der Waals surface area contributed by atoms with Gasteiger partial charge in [0.2, 0.25) is 0 Å². The Balaban J connectivity index is 3.23. The normalized spacial score (nSPS) is 10.4. The zero-order valence-corrected chi connectivity index (χ0v) is 6.65. The fourth-order valence-corrected chi connectivity index (χ4v) is 1.41. The van der Waals surface area contributed by atoms with E-state index in [0.29, 0.717) is 4.60 Å². The highest BCUT2D eigenvalue weighted by Crippen LogP contribution is 2.10.